The summed E-state index contributed by atoms with van der Waals surface area (Å²) >= 11 is 1.55. The van der Waals surface area contributed by atoms with Gasteiger partial charge in [0.05, 0.1) is 24.0 Å². The first kappa shape index (κ1) is 21.4. The predicted molar refractivity (Wildman–Crippen MR) is 115 cm³/mol. The molecule has 1 aliphatic rings. The summed E-state index contributed by atoms with van der Waals surface area (Å²) in [6.07, 6.45) is -3.43. The lowest BCUT2D eigenvalue weighted by atomic mass is 10.1. The summed E-state index contributed by atoms with van der Waals surface area (Å²) < 4.78 is 47.5. The zero-order valence-corrected chi connectivity index (χ0v) is 18.3. The Morgan fingerprint density at radius 1 is 1.15 bits per heavy atom. The first-order valence-electron chi connectivity index (χ1n) is 10.2. The molecule has 1 amide bonds. The number of ether oxygens (including phenoxy) is 1. The van der Waals surface area contributed by atoms with E-state index in [4.69, 9.17) is 4.74 Å². The molecule has 0 fully saturated rings. The molecule has 11 heteroatoms. The fourth-order valence-corrected chi connectivity index (χ4v) is 4.67. The molecular formula is C22H18F3N5O2S. The Labute approximate surface area is 190 Å². The fourth-order valence-electron chi connectivity index (χ4n) is 3.87. The molecule has 0 bridgehead atoms. The summed E-state index contributed by atoms with van der Waals surface area (Å²) in [6, 6.07) is 8.85. The Kier molecular flexibility index (Phi) is 5.28. The normalized spacial score (nSPS) is 14.2. The fraction of sp³-hybridized carbons (Fsp3) is 0.273. The largest absolute Gasteiger partial charge is 0.497 e. The van der Waals surface area contributed by atoms with Crippen molar-refractivity contribution in [3.63, 3.8) is 0 Å². The third kappa shape index (κ3) is 4.04. The van der Waals surface area contributed by atoms with Crippen LogP contribution in [0.25, 0.3) is 16.9 Å². The number of fused-ring (bicyclic) bond motifs is 2. The van der Waals surface area contributed by atoms with Gasteiger partial charge in [-0.15, -0.1) is 11.3 Å². The third-order valence-electron chi connectivity index (χ3n) is 5.54. The van der Waals surface area contributed by atoms with Gasteiger partial charge in [0.15, 0.2) is 17.0 Å². The second kappa shape index (κ2) is 8.14. The van der Waals surface area contributed by atoms with E-state index in [0.717, 1.165) is 16.6 Å². The summed E-state index contributed by atoms with van der Waals surface area (Å²) in [7, 11) is 1.48. The molecule has 0 atom stereocenters. The van der Waals surface area contributed by atoms with Crippen molar-refractivity contribution >= 4 is 22.9 Å². The maximum Gasteiger partial charge on any atom is 0.433 e. The summed E-state index contributed by atoms with van der Waals surface area (Å²) in [5.41, 5.74) is 2.19. The molecule has 0 aliphatic carbocycles. The maximum atomic E-state index is 13.9. The lowest BCUT2D eigenvalue weighted by Crippen LogP contribution is -2.33. The van der Waals surface area contributed by atoms with E-state index in [-0.39, 0.29) is 17.0 Å². The minimum absolute atomic E-state index is 0.0541. The Morgan fingerprint density at radius 2 is 1.97 bits per heavy atom. The van der Waals surface area contributed by atoms with E-state index in [2.05, 4.69) is 15.1 Å². The zero-order chi connectivity index (χ0) is 23.2. The van der Waals surface area contributed by atoms with Crippen molar-refractivity contribution in [3.8, 4) is 17.0 Å². The van der Waals surface area contributed by atoms with E-state index in [9.17, 15) is 18.0 Å². The maximum absolute atomic E-state index is 13.9. The number of halogens is 3. The molecular weight excluding hydrogens is 455 g/mol. The summed E-state index contributed by atoms with van der Waals surface area (Å²) in [5, 5.41) is 4.00. The summed E-state index contributed by atoms with van der Waals surface area (Å²) in [5.74, 6) is 0.0722. The highest BCUT2D eigenvalue weighted by atomic mass is 32.1. The van der Waals surface area contributed by atoms with Gasteiger partial charge in [-0.2, -0.15) is 18.3 Å². The first-order chi connectivity index (χ1) is 15.8. The standard InChI is InChI=1S/C22H18F3N5O2S/c1-32-14-4-2-3-13(9-14)16-10-19(22(23,24)25)30-20(27-16)11-17(28-30)21(31)29-7-5-15-18(6-8-29)33-12-26-15/h2-4,9-12H,5-8H2,1H3. The molecule has 5 rings (SSSR count). The van der Waals surface area contributed by atoms with Crippen LogP contribution in [0.2, 0.25) is 0 Å². The molecule has 4 heterocycles. The van der Waals surface area contributed by atoms with Gasteiger partial charge >= 0.3 is 6.18 Å². The van der Waals surface area contributed by atoms with E-state index in [1.165, 1.54) is 13.2 Å². The van der Waals surface area contributed by atoms with Crippen molar-refractivity contribution in [1.82, 2.24) is 24.5 Å². The number of amides is 1. The van der Waals surface area contributed by atoms with Gasteiger partial charge in [-0.3, -0.25) is 4.79 Å². The SMILES string of the molecule is COc1cccc(-c2cc(C(F)(F)F)n3nc(C(=O)N4CCc5ncsc5CC4)cc3n2)c1. The van der Waals surface area contributed by atoms with Gasteiger partial charge in [0.1, 0.15) is 5.75 Å². The topological polar surface area (TPSA) is 72.6 Å². The van der Waals surface area contributed by atoms with E-state index in [1.54, 1.807) is 46.0 Å². The van der Waals surface area contributed by atoms with Crippen LogP contribution in [0.3, 0.4) is 0 Å². The zero-order valence-electron chi connectivity index (χ0n) is 17.5. The van der Waals surface area contributed by atoms with Crippen LogP contribution in [0, 0.1) is 0 Å². The minimum Gasteiger partial charge on any atom is -0.497 e. The van der Waals surface area contributed by atoms with Crippen molar-refractivity contribution in [2.45, 2.75) is 19.0 Å². The number of methoxy groups -OCH3 is 1. The van der Waals surface area contributed by atoms with Gasteiger partial charge in [-0.1, -0.05) is 12.1 Å². The van der Waals surface area contributed by atoms with Crippen LogP contribution in [-0.2, 0) is 19.0 Å². The van der Waals surface area contributed by atoms with Crippen LogP contribution in [0.4, 0.5) is 13.2 Å². The smallest absolute Gasteiger partial charge is 0.433 e. The Hall–Kier alpha value is -3.47. The third-order valence-corrected chi connectivity index (χ3v) is 6.48. The molecule has 1 aliphatic heterocycles. The van der Waals surface area contributed by atoms with Gasteiger partial charge in [-0.05, 0) is 18.2 Å². The van der Waals surface area contributed by atoms with E-state index in [1.807, 2.05) is 0 Å². The number of aromatic nitrogens is 4. The average molecular weight is 473 g/mol. The van der Waals surface area contributed by atoms with Gasteiger partial charge in [0.25, 0.3) is 5.91 Å². The molecule has 170 valence electrons. The molecule has 0 radical (unpaired) electrons. The van der Waals surface area contributed by atoms with Crippen LogP contribution in [0.15, 0.2) is 41.9 Å². The van der Waals surface area contributed by atoms with Crippen LogP contribution in [0.5, 0.6) is 5.75 Å². The Bertz CT molecular complexity index is 1330. The van der Waals surface area contributed by atoms with Crippen molar-refractivity contribution < 1.29 is 22.7 Å². The minimum atomic E-state index is -4.69. The molecule has 0 saturated heterocycles. The number of alkyl halides is 3. The van der Waals surface area contributed by atoms with Crippen molar-refractivity contribution in [2.75, 3.05) is 20.2 Å². The number of benzene rings is 1. The average Bonchev–Trinajstić information content (AvgIpc) is 3.39. The molecule has 7 nitrogen and oxygen atoms in total. The highest BCUT2D eigenvalue weighted by Crippen LogP contribution is 2.33. The summed E-state index contributed by atoms with van der Waals surface area (Å²) in [6.45, 7) is 0.884. The van der Waals surface area contributed by atoms with Crippen LogP contribution in [0.1, 0.15) is 26.8 Å². The molecule has 0 N–H and O–H groups in total. The second-order valence-electron chi connectivity index (χ2n) is 7.57. The molecule has 0 unspecified atom stereocenters. The Morgan fingerprint density at radius 3 is 2.76 bits per heavy atom. The molecule has 1 aromatic carbocycles. The Balaban J connectivity index is 1.53. The summed E-state index contributed by atoms with van der Waals surface area (Å²) in [4.78, 5) is 24.5. The predicted octanol–water partition coefficient (Wildman–Crippen LogP) is 4.12. The number of nitrogens with zero attached hydrogens (tertiary/aromatic N) is 5. The molecule has 33 heavy (non-hydrogen) atoms. The molecule has 4 aromatic rings. The number of hydrogen-bond donors (Lipinski definition) is 0. The van der Waals surface area contributed by atoms with Crippen LogP contribution < -0.4 is 4.74 Å². The number of carbonyl (C=O) groups is 1. The van der Waals surface area contributed by atoms with Gasteiger partial charge in [0, 0.05) is 42.4 Å². The number of thiazole rings is 1. The highest BCUT2D eigenvalue weighted by molar-refractivity contribution is 7.09. The van der Waals surface area contributed by atoms with Gasteiger partial charge in [0.2, 0.25) is 0 Å². The van der Waals surface area contributed by atoms with Gasteiger partial charge in [-0.25, -0.2) is 14.5 Å². The lowest BCUT2D eigenvalue weighted by molar-refractivity contribution is -0.142. The van der Waals surface area contributed by atoms with E-state index < -0.39 is 17.8 Å². The molecule has 3 aromatic heterocycles. The highest BCUT2D eigenvalue weighted by Gasteiger charge is 2.36. The van der Waals surface area contributed by atoms with Crippen molar-refractivity contribution in [3.05, 3.63) is 63.9 Å². The monoisotopic (exact) mass is 473 g/mol. The lowest BCUT2D eigenvalue weighted by Gasteiger charge is -2.18. The van der Waals surface area contributed by atoms with Crippen molar-refractivity contribution in [2.24, 2.45) is 0 Å². The first-order valence-corrected chi connectivity index (χ1v) is 11.0. The molecule has 0 saturated carbocycles. The van der Waals surface area contributed by atoms with Crippen LogP contribution in [-0.4, -0.2) is 50.6 Å². The quantitative estimate of drug-likeness (QED) is 0.448. The van der Waals surface area contributed by atoms with E-state index in [0.29, 0.717) is 41.8 Å². The number of rotatable bonds is 3. The van der Waals surface area contributed by atoms with E-state index >= 15 is 0 Å². The van der Waals surface area contributed by atoms with Gasteiger partial charge < -0.3 is 9.64 Å². The second-order valence-corrected chi connectivity index (χ2v) is 8.51. The van der Waals surface area contributed by atoms with Crippen molar-refractivity contribution in [1.29, 1.82) is 0 Å². The number of hydrogen-bond acceptors (Lipinski definition) is 6. The number of carbonyl (C=O) groups excluding carboxylic acids is 1. The molecule has 0 spiro atoms. The van der Waals surface area contributed by atoms with Crippen LogP contribution >= 0.6 is 11.3 Å².